The molecule has 160 valence electrons. The topological polar surface area (TPSA) is 71.5 Å². The van der Waals surface area contributed by atoms with Crippen molar-refractivity contribution in [1.82, 2.24) is 19.9 Å². The van der Waals surface area contributed by atoms with Crippen molar-refractivity contribution < 1.29 is 9.53 Å². The first-order chi connectivity index (χ1) is 15.1. The Morgan fingerprint density at radius 3 is 2.48 bits per heavy atom. The minimum absolute atomic E-state index is 0.0344. The Kier molecular flexibility index (Phi) is 6.40. The lowest BCUT2D eigenvalue weighted by Crippen LogP contribution is -2.29. The van der Waals surface area contributed by atoms with Crippen LogP contribution in [0.4, 0.5) is 5.95 Å². The molecule has 0 radical (unpaired) electrons. The predicted octanol–water partition coefficient (Wildman–Crippen LogP) is 3.35. The van der Waals surface area contributed by atoms with E-state index in [-0.39, 0.29) is 5.91 Å². The fraction of sp³-hybridized carbons (Fsp3) is 0.333. The normalized spacial score (nSPS) is 13.3. The Labute approximate surface area is 182 Å². The van der Waals surface area contributed by atoms with Gasteiger partial charge < -0.3 is 14.5 Å². The maximum Gasteiger partial charge on any atom is 0.227 e. The molecule has 0 unspecified atom stereocenters. The molecule has 4 rings (SSSR count). The van der Waals surface area contributed by atoms with E-state index in [1.54, 1.807) is 24.4 Å². The molecule has 1 amide bonds. The second-order valence-corrected chi connectivity index (χ2v) is 7.74. The number of carbonyl (C=O) groups excluding carboxylic acids is 1. The molecule has 1 saturated heterocycles. The van der Waals surface area contributed by atoms with Crippen LogP contribution in [0.2, 0.25) is 0 Å². The number of anilines is 1. The molecule has 0 atom stereocenters. The van der Waals surface area contributed by atoms with Gasteiger partial charge in [-0.1, -0.05) is 12.1 Å². The number of pyridine rings is 1. The third kappa shape index (κ3) is 4.99. The number of nitrogens with zero attached hydrogens (tertiary/aromatic N) is 5. The van der Waals surface area contributed by atoms with Gasteiger partial charge in [0, 0.05) is 44.3 Å². The van der Waals surface area contributed by atoms with Crippen LogP contribution in [0.3, 0.4) is 0 Å². The van der Waals surface area contributed by atoms with Crippen LogP contribution in [-0.2, 0) is 17.8 Å². The van der Waals surface area contributed by atoms with Crippen molar-refractivity contribution in [3.05, 3.63) is 66.2 Å². The van der Waals surface area contributed by atoms with Crippen LogP contribution in [0.25, 0.3) is 11.1 Å². The molecule has 7 nitrogen and oxygen atoms in total. The van der Waals surface area contributed by atoms with E-state index < -0.39 is 0 Å². The van der Waals surface area contributed by atoms with E-state index in [1.165, 1.54) is 0 Å². The van der Waals surface area contributed by atoms with Gasteiger partial charge in [-0.05, 0) is 48.2 Å². The lowest BCUT2D eigenvalue weighted by molar-refractivity contribution is -0.129. The fourth-order valence-corrected chi connectivity index (χ4v) is 3.74. The largest absolute Gasteiger partial charge is 0.497 e. The number of aromatic nitrogens is 3. The first kappa shape index (κ1) is 20.8. The lowest BCUT2D eigenvalue weighted by atomic mass is 10.1. The lowest BCUT2D eigenvalue weighted by Gasteiger charge is -2.21. The van der Waals surface area contributed by atoms with E-state index in [0.29, 0.717) is 13.0 Å². The molecule has 3 aromatic rings. The highest BCUT2D eigenvalue weighted by atomic mass is 16.5. The molecule has 1 aliphatic rings. The van der Waals surface area contributed by atoms with Crippen LogP contribution in [0.1, 0.15) is 24.1 Å². The Morgan fingerprint density at radius 2 is 1.81 bits per heavy atom. The summed E-state index contributed by atoms with van der Waals surface area (Å²) in [6.07, 6.45) is 8.02. The number of rotatable bonds is 7. The summed E-state index contributed by atoms with van der Waals surface area (Å²) in [6.45, 7) is 2.36. The first-order valence-electron chi connectivity index (χ1n) is 10.5. The Bertz CT molecular complexity index is 1020. The summed E-state index contributed by atoms with van der Waals surface area (Å²) in [5.41, 5.74) is 3.71. The van der Waals surface area contributed by atoms with E-state index >= 15 is 0 Å². The van der Waals surface area contributed by atoms with Gasteiger partial charge in [-0.2, -0.15) is 0 Å². The highest BCUT2D eigenvalue weighted by Gasteiger charge is 2.19. The maximum atomic E-state index is 12.9. The van der Waals surface area contributed by atoms with Crippen molar-refractivity contribution >= 4 is 11.9 Å². The van der Waals surface area contributed by atoms with E-state index in [4.69, 9.17) is 9.72 Å². The third-order valence-electron chi connectivity index (χ3n) is 5.56. The fourth-order valence-electron chi connectivity index (χ4n) is 3.74. The van der Waals surface area contributed by atoms with Gasteiger partial charge in [-0.25, -0.2) is 9.97 Å². The average molecular weight is 418 g/mol. The van der Waals surface area contributed by atoms with Crippen molar-refractivity contribution in [1.29, 1.82) is 0 Å². The van der Waals surface area contributed by atoms with Gasteiger partial charge in [0.2, 0.25) is 11.9 Å². The number of hydrogen-bond acceptors (Lipinski definition) is 6. The van der Waals surface area contributed by atoms with Gasteiger partial charge in [0.25, 0.3) is 0 Å². The van der Waals surface area contributed by atoms with Crippen molar-refractivity contribution in [2.24, 2.45) is 0 Å². The SMILES string of the molecule is COc1ccc(CC(=O)N(C)Cc2nc(N3CCCC3)ncc2-c2ccncc2)cc1. The van der Waals surface area contributed by atoms with Gasteiger partial charge in [0.1, 0.15) is 5.75 Å². The van der Waals surface area contributed by atoms with Crippen LogP contribution in [0.5, 0.6) is 5.75 Å². The molecule has 1 fully saturated rings. The molecule has 1 aliphatic heterocycles. The molecule has 7 heteroatoms. The molecular weight excluding hydrogens is 390 g/mol. The highest BCUT2D eigenvalue weighted by Crippen LogP contribution is 2.25. The minimum atomic E-state index is 0.0344. The van der Waals surface area contributed by atoms with Crippen molar-refractivity contribution in [3.63, 3.8) is 0 Å². The molecule has 0 aliphatic carbocycles. The van der Waals surface area contributed by atoms with Gasteiger partial charge in [-0.3, -0.25) is 9.78 Å². The molecule has 0 N–H and O–H groups in total. The molecule has 3 heterocycles. The highest BCUT2D eigenvalue weighted by molar-refractivity contribution is 5.79. The third-order valence-corrected chi connectivity index (χ3v) is 5.56. The standard InChI is InChI=1S/C24H27N5O2/c1-28(23(30)15-18-5-7-20(31-2)8-6-18)17-22-21(19-9-11-25-12-10-19)16-26-24(27-22)29-13-3-4-14-29/h5-12,16H,3-4,13-15,17H2,1-2H3. The monoisotopic (exact) mass is 417 g/mol. The molecule has 0 spiro atoms. The summed E-state index contributed by atoms with van der Waals surface area (Å²) < 4.78 is 5.19. The number of carbonyl (C=O) groups is 1. The number of benzene rings is 1. The Morgan fingerprint density at radius 1 is 1.10 bits per heavy atom. The van der Waals surface area contributed by atoms with Crippen molar-refractivity contribution in [2.45, 2.75) is 25.8 Å². The smallest absolute Gasteiger partial charge is 0.227 e. The number of ether oxygens (including phenoxy) is 1. The van der Waals surface area contributed by atoms with E-state index in [1.807, 2.05) is 49.6 Å². The van der Waals surface area contributed by atoms with Crippen LogP contribution < -0.4 is 9.64 Å². The Hall–Kier alpha value is -3.48. The maximum absolute atomic E-state index is 12.9. The summed E-state index contributed by atoms with van der Waals surface area (Å²) in [5.74, 6) is 1.55. The van der Waals surface area contributed by atoms with E-state index in [9.17, 15) is 4.79 Å². The van der Waals surface area contributed by atoms with Gasteiger partial charge in [0.05, 0.1) is 25.8 Å². The molecule has 31 heavy (non-hydrogen) atoms. The zero-order chi connectivity index (χ0) is 21.6. The second kappa shape index (κ2) is 9.55. The predicted molar refractivity (Wildman–Crippen MR) is 120 cm³/mol. The first-order valence-corrected chi connectivity index (χ1v) is 10.5. The van der Waals surface area contributed by atoms with Gasteiger partial charge in [-0.15, -0.1) is 0 Å². The minimum Gasteiger partial charge on any atom is -0.497 e. The van der Waals surface area contributed by atoms with Crippen LogP contribution >= 0.6 is 0 Å². The molecule has 0 saturated carbocycles. The summed E-state index contributed by atoms with van der Waals surface area (Å²) in [7, 11) is 3.45. The summed E-state index contributed by atoms with van der Waals surface area (Å²) >= 11 is 0. The number of hydrogen-bond donors (Lipinski definition) is 0. The Balaban J connectivity index is 1.55. The van der Waals surface area contributed by atoms with E-state index in [2.05, 4.69) is 14.9 Å². The van der Waals surface area contributed by atoms with Crippen molar-refractivity contribution in [3.8, 4) is 16.9 Å². The number of likely N-dealkylation sites (N-methyl/N-ethyl adjacent to an activating group) is 1. The van der Waals surface area contributed by atoms with Crippen LogP contribution in [0, 0.1) is 0 Å². The van der Waals surface area contributed by atoms with Crippen LogP contribution in [0.15, 0.2) is 55.0 Å². The summed E-state index contributed by atoms with van der Waals surface area (Å²) in [6, 6.07) is 11.5. The zero-order valence-corrected chi connectivity index (χ0v) is 18.0. The second-order valence-electron chi connectivity index (χ2n) is 7.74. The van der Waals surface area contributed by atoms with Gasteiger partial charge in [0.15, 0.2) is 0 Å². The van der Waals surface area contributed by atoms with Crippen LogP contribution in [-0.4, -0.2) is 53.0 Å². The molecule has 1 aromatic carbocycles. The molecule has 2 aromatic heterocycles. The number of methoxy groups -OCH3 is 1. The molecular formula is C24H27N5O2. The summed E-state index contributed by atoms with van der Waals surface area (Å²) in [4.78, 5) is 30.4. The van der Waals surface area contributed by atoms with Crippen molar-refractivity contribution in [2.75, 3.05) is 32.1 Å². The quantitative estimate of drug-likeness (QED) is 0.587. The number of amides is 1. The van der Waals surface area contributed by atoms with E-state index in [0.717, 1.165) is 60.0 Å². The summed E-state index contributed by atoms with van der Waals surface area (Å²) in [5, 5.41) is 0. The molecule has 0 bridgehead atoms. The zero-order valence-electron chi connectivity index (χ0n) is 18.0. The van der Waals surface area contributed by atoms with Gasteiger partial charge >= 0.3 is 0 Å². The average Bonchev–Trinajstić information content (AvgIpc) is 3.35.